The number of carbonyl (C=O) groups excluding carboxylic acids is 1. The minimum atomic E-state index is -0.923. The summed E-state index contributed by atoms with van der Waals surface area (Å²) in [5.41, 5.74) is 0.601. The van der Waals surface area contributed by atoms with Gasteiger partial charge in [-0.05, 0) is 18.2 Å². The minimum absolute atomic E-state index is 0.0468. The number of hydrogen-bond donors (Lipinski definition) is 3. The first-order valence-electron chi connectivity index (χ1n) is 6.29. The van der Waals surface area contributed by atoms with Gasteiger partial charge in [0, 0.05) is 30.3 Å². The number of piperazine rings is 1. The number of nitrogens with one attached hydrogen (secondary N) is 2. The molecule has 0 saturated carbocycles. The van der Waals surface area contributed by atoms with E-state index in [0.717, 1.165) is 0 Å². The highest BCUT2D eigenvalue weighted by molar-refractivity contribution is 6.30. The van der Waals surface area contributed by atoms with E-state index in [-0.39, 0.29) is 12.5 Å². The largest absolute Gasteiger partial charge is 0.480 e. The summed E-state index contributed by atoms with van der Waals surface area (Å²) in [6.45, 7) is 1.60. The molecule has 1 atom stereocenters. The van der Waals surface area contributed by atoms with E-state index in [1.165, 1.54) is 0 Å². The maximum Gasteiger partial charge on any atom is 0.322 e. The van der Waals surface area contributed by atoms with Crippen molar-refractivity contribution in [2.24, 2.45) is 0 Å². The highest BCUT2D eigenvalue weighted by Gasteiger charge is 2.29. The molecule has 108 valence electrons. The van der Waals surface area contributed by atoms with E-state index in [9.17, 15) is 9.59 Å². The molecule has 1 fully saturated rings. The van der Waals surface area contributed by atoms with Crippen molar-refractivity contribution in [2.75, 3.05) is 31.5 Å². The summed E-state index contributed by atoms with van der Waals surface area (Å²) in [5, 5.41) is 15.4. The SMILES string of the molecule is O=C(CN1CCNCC1C(=O)O)Nc1cccc(Cl)c1. The summed E-state index contributed by atoms with van der Waals surface area (Å²) >= 11 is 5.84. The van der Waals surface area contributed by atoms with E-state index in [4.69, 9.17) is 16.7 Å². The molecule has 6 nitrogen and oxygen atoms in total. The van der Waals surface area contributed by atoms with Gasteiger partial charge in [0.15, 0.2) is 0 Å². The van der Waals surface area contributed by atoms with Gasteiger partial charge in [-0.15, -0.1) is 0 Å². The van der Waals surface area contributed by atoms with E-state index < -0.39 is 12.0 Å². The molecule has 1 heterocycles. The van der Waals surface area contributed by atoms with Gasteiger partial charge >= 0.3 is 5.97 Å². The van der Waals surface area contributed by atoms with Gasteiger partial charge < -0.3 is 15.7 Å². The minimum Gasteiger partial charge on any atom is -0.480 e. The van der Waals surface area contributed by atoms with Crippen LogP contribution in [0.3, 0.4) is 0 Å². The molecule has 3 N–H and O–H groups in total. The first kappa shape index (κ1) is 14.8. The van der Waals surface area contributed by atoms with Gasteiger partial charge in [-0.2, -0.15) is 0 Å². The number of hydrogen-bond acceptors (Lipinski definition) is 4. The first-order chi connectivity index (χ1) is 9.56. The molecule has 2 rings (SSSR count). The van der Waals surface area contributed by atoms with Crippen LogP contribution in [0.4, 0.5) is 5.69 Å². The Morgan fingerprint density at radius 1 is 1.50 bits per heavy atom. The molecule has 0 aromatic heterocycles. The van der Waals surface area contributed by atoms with Gasteiger partial charge in [0.25, 0.3) is 0 Å². The number of anilines is 1. The summed E-state index contributed by atoms with van der Waals surface area (Å²) in [5.74, 6) is -1.17. The summed E-state index contributed by atoms with van der Waals surface area (Å²) < 4.78 is 0. The maximum atomic E-state index is 12.0. The fourth-order valence-electron chi connectivity index (χ4n) is 2.13. The molecule has 7 heteroatoms. The Bertz CT molecular complexity index is 509. The highest BCUT2D eigenvalue weighted by atomic mass is 35.5. The van der Waals surface area contributed by atoms with Gasteiger partial charge in [0.2, 0.25) is 5.91 Å². The Balaban J connectivity index is 1.94. The van der Waals surface area contributed by atoms with E-state index in [1.54, 1.807) is 29.2 Å². The number of aliphatic carboxylic acids is 1. The smallest absolute Gasteiger partial charge is 0.322 e. The maximum absolute atomic E-state index is 12.0. The van der Waals surface area contributed by atoms with Crippen molar-refractivity contribution in [1.82, 2.24) is 10.2 Å². The average Bonchev–Trinajstić information content (AvgIpc) is 2.38. The summed E-state index contributed by atoms with van der Waals surface area (Å²) in [6.07, 6.45) is 0. The van der Waals surface area contributed by atoms with Crippen LogP contribution in [0.5, 0.6) is 0 Å². The molecule has 1 aliphatic rings. The van der Waals surface area contributed by atoms with Crippen LogP contribution in [-0.2, 0) is 9.59 Å². The monoisotopic (exact) mass is 297 g/mol. The quantitative estimate of drug-likeness (QED) is 0.760. The highest BCUT2D eigenvalue weighted by Crippen LogP contribution is 2.15. The molecule has 1 aliphatic heterocycles. The first-order valence-corrected chi connectivity index (χ1v) is 6.67. The van der Waals surface area contributed by atoms with Crippen LogP contribution in [0, 0.1) is 0 Å². The lowest BCUT2D eigenvalue weighted by molar-refractivity contribution is -0.144. The van der Waals surface area contributed by atoms with Crippen molar-refractivity contribution in [3.8, 4) is 0 Å². The summed E-state index contributed by atoms with van der Waals surface area (Å²) in [6, 6.07) is 6.16. The van der Waals surface area contributed by atoms with Crippen molar-refractivity contribution in [3.05, 3.63) is 29.3 Å². The van der Waals surface area contributed by atoms with Gasteiger partial charge in [0.1, 0.15) is 6.04 Å². The Kier molecular flexibility index (Phi) is 4.94. The molecular weight excluding hydrogens is 282 g/mol. The molecule has 1 unspecified atom stereocenters. The molecule has 20 heavy (non-hydrogen) atoms. The Hall–Kier alpha value is -1.63. The number of carboxylic acid groups (broad SMARTS) is 1. The van der Waals surface area contributed by atoms with Crippen molar-refractivity contribution >= 4 is 29.2 Å². The number of carbonyl (C=O) groups is 2. The van der Waals surface area contributed by atoms with Gasteiger partial charge in [0.05, 0.1) is 6.54 Å². The van der Waals surface area contributed by atoms with Gasteiger partial charge in [-0.3, -0.25) is 14.5 Å². The topological polar surface area (TPSA) is 81.7 Å². The third kappa shape index (κ3) is 3.93. The fraction of sp³-hybridized carbons (Fsp3) is 0.385. The van der Waals surface area contributed by atoms with Crippen LogP contribution in [-0.4, -0.2) is 54.1 Å². The number of amides is 1. The predicted octanol–water partition coefficient (Wildman–Crippen LogP) is 0.637. The number of carboxylic acids is 1. The van der Waals surface area contributed by atoms with Crippen molar-refractivity contribution < 1.29 is 14.7 Å². The molecule has 1 saturated heterocycles. The van der Waals surface area contributed by atoms with E-state index >= 15 is 0 Å². The Morgan fingerprint density at radius 2 is 2.30 bits per heavy atom. The molecule has 0 bridgehead atoms. The third-order valence-electron chi connectivity index (χ3n) is 3.09. The van der Waals surface area contributed by atoms with E-state index in [2.05, 4.69) is 10.6 Å². The summed E-state index contributed by atoms with van der Waals surface area (Å²) in [4.78, 5) is 24.7. The molecule has 1 amide bonds. The van der Waals surface area contributed by atoms with Crippen LogP contribution in [0.25, 0.3) is 0 Å². The molecule has 0 radical (unpaired) electrons. The molecule has 1 aromatic carbocycles. The lowest BCUT2D eigenvalue weighted by Gasteiger charge is -2.32. The standard InChI is InChI=1S/C13H16ClN3O3/c14-9-2-1-3-10(6-9)16-12(18)8-17-5-4-15-7-11(17)13(19)20/h1-3,6,11,15H,4-5,7-8H2,(H,16,18)(H,19,20). The number of nitrogens with zero attached hydrogens (tertiary/aromatic N) is 1. The zero-order chi connectivity index (χ0) is 14.5. The van der Waals surface area contributed by atoms with E-state index in [1.807, 2.05) is 0 Å². The average molecular weight is 298 g/mol. The molecule has 0 aliphatic carbocycles. The van der Waals surface area contributed by atoms with Crippen molar-refractivity contribution in [2.45, 2.75) is 6.04 Å². The number of rotatable bonds is 4. The Morgan fingerprint density at radius 3 is 3.00 bits per heavy atom. The van der Waals surface area contributed by atoms with E-state index in [0.29, 0.717) is 30.3 Å². The van der Waals surface area contributed by atoms with Gasteiger partial charge in [-0.1, -0.05) is 17.7 Å². The van der Waals surface area contributed by atoms with Crippen LogP contribution in [0.2, 0.25) is 5.02 Å². The van der Waals surface area contributed by atoms with Crippen LogP contribution in [0.1, 0.15) is 0 Å². The lowest BCUT2D eigenvalue weighted by Crippen LogP contribution is -2.56. The van der Waals surface area contributed by atoms with Crippen molar-refractivity contribution in [3.63, 3.8) is 0 Å². The summed E-state index contributed by atoms with van der Waals surface area (Å²) in [7, 11) is 0. The molecular formula is C13H16ClN3O3. The van der Waals surface area contributed by atoms with Crippen LogP contribution >= 0.6 is 11.6 Å². The predicted molar refractivity (Wildman–Crippen MR) is 75.9 cm³/mol. The van der Waals surface area contributed by atoms with Gasteiger partial charge in [-0.25, -0.2) is 0 Å². The second-order valence-corrected chi connectivity index (χ2v) is 5.02. The van der Waals surface area contributed by atoms with Crippen LogP contribution in [0.15, 0.2) is 24.3 Å². The second kappa shape index (κ2) is 6.69. The molecule has 1 aromatic rings. The Labute approximate surface area is 121 Å². The normalized spacial score (nSPS) is 19.6. The molecule has 0 spiro atoms. The lowest BCUT2D eigenvalue weighted by atomic mass is 10.2. The second-order valence-electron chi connectivity index (χ2n) is 4.59. The third-order valence-corrected chi connectivity index (χ3v) is 3.33. The van der Waals surface area contributed by atoms with Crippen molar-refractivity contribution in [1.29, 1.82) is 0 Å². The van der Waals surface area contributed by atoms with Crippen LogP contribution < -0.4 is 10.6 Å². The zero-order valence-electron chi connectivity index (χ0n) is 10.8. The fourth-order valence-corrected chi connectivity index (χ4v) is 2.32. The number of halogens is 1. The number of benzene rings is 1. The zero-order valence-corrected chi connectivity index (χ0v) is 11.6.